The van der Waals surface area contributed by atoms with Gasteiger partial charge in [0.25, 0.3) is 5.91 Å². The fraction of sp³-hybridized carbons (Fsp3) is 0.500. The second-order valence-corrected chi connectivity index (χ2v) is 5.18. The first kappa shape index (κ1) is 17.2. The molecular weight excluding hydrogens is 317 g/mol. The van der Waals surface area contributed by atoms with Crippen LogP contribution >= 0.6 is 0 Å². The molecule has 0 saturated carbocycles. The highest BCUT2D eigenvalue weighted by atomic mass is 19.4. The van der Waals surface area contributed by atoms with Crippen molar-refractivity contribution >= 4 is 11.9 Å². The van der Waals surface area contributed by atoms with Crippen molar-refractivity contribution < 1.29 is 32.6 Å². The van der Waals surface area contributed by atoms with Crippen LogP contribution in [0.15, 0.2) is 18.3 Å². The molecule has 1 aliphatic heterocycles. The van der Waals surface area contributed by atoms with E-state index in [2.05, 4.69) is 4.98 Å². The van der Waals surface area contributed by atoms with Crippen LogP contribution in [0.2, 0.25) is 0 Å². The van der Waals surface area contributed by atoms with Gasteiger partial charge in [0.2, 0.25) is 0 Å². The molecule has 1 fully saturated rings. The monoisotopic (exact) mass is 332 g/mol. The Labute approximate surface area is 129 Å². The molecule has 23 heavy (non-hydrogen) atoms. The number of amides is 1. The molecule has 9 heteroatoms. The molecule has 1 atom stereocenters. The van der Waals surface area contributed by atoms with Crippen LogP contribution in [0.4, 0.5) is 13.2 Å². The first-order chi connectivity index (χ1) is 10.8. The molecule has 1 aromatic rings. The first-order valence-electron chi connectivity index (χ1n) is 6.93. The minimum atomic E-state index is -4.40. The number of likely N-dealkylation sites (tertiary alicyclic amines) is 1. The zero-order valence-corrected chi connectivity index (χ0v) is 12.0. The van der Waals surface area contributed by atoms with E-state index < -0.39 is 30.8 Å². The van der Waals surface area contributed by atoms with E-state index >= 15 is 0 Å². The summed E-state index contributed by atoms with van der Waals surface area (Å²) < 4.78 is 41.3. The van der Waals surface area contributed by atoms with Gasteiger partial charge in [0.05, 0.1) is 11.7 Å². The number of carboxylic acid groups (broad SMARTS) is 1. The van der Waals surface area contributed by atoms with Crippen molar-refractivity contribution in [2.45, 2.75) is 25.1 Å². The maximum absolute atomic E-state index is 12.3. The lowest BCUT2D eigenvalue weighted by molar-refractivity contribution is -0.188. The number of nitrogens with zero attached hydrogens (tertiary/aromatic N) is 2. The molecule has 1 aromatic heterocycles. The number of piperidine rings is 1. The van der Waals surface area contributed by atoms with Crippen molar-refractivity contribution in [3.63, 3.8) is 0 Å². The summed E-state index contributed by atoms with van der Waals surface area (Å²) in [6.45, 7) is -0.866. The van der Waals surface area contributed by atoms with Crippen molar-refractivity contribution in [3.8, 4) is 0 Å². The smallest absolute Gasteiger partial charge is 0.411 e. The molecular formula is C14H15F3N2O4. The Morgan fingerprint density at radius 2 is 2.13 bits per heavy atom. The zero-order chi connectivity index (χ0) is 17.0. The highest BCUT2D eigenvalue weighted by Gasteiger charge is 2.32. The van der Waals surface area contributed by atoms with E-state index in [1.54, 1.807) is 0 Å². The third kappa shape index (κ3) is 4.92. The first-order valence-corrected chi connectivity index (χ1v) is 6.93. The van der Waals surface area contributed by atoms with Crippen LogP contribution in [0, 0.1) is 0 Å². The number of carboxylic acids is 1. The van der Waals surface area contributed by atoms with Crippen LogP contribution in [-0.4, -0.2) is 58.8 Å². The Kier molecular flexibility index (Phi) is 5.19. The van der Waals surface area contributed by atoms with Gasteiger partial charge in [-0.05, 0) is 25.0 Å². The van der Waals surface area contributed by atoms with E-state index in [0.717, 1.165) is 6.20 Å². The van der Waals surface area contributed by atoms with Gasteiger partial charge in [-0.2, -0.15) is 13.2 Å². The molecule has 0 aliphatic carbocycles. The third-order valence-corrected chi connectivity index (χ3v) is 3.38. The van der Waals surface area contributed by atoms with E-state index in [0.29, 0.717) is 19.4 Å². The lowest BCUT2D eigenvalue weighted by Crippen LogP contribution is -2.44. The lowest BCUT2D eigenvalue weighted by Gasteiger charge is -2.32. The van der Waals surface area contributed by atoms with Gasteiger partial charge in [0.15, 0.2) is 0 Å². The summed E-state index contributed by atoms with van der Waals surface area (Å²) in [5, 5.41) is 8.76. The van der Waals surface area contributed by atoms with E-state index in [1.807, 2.05) is 0 Å². The molecule has 2 rings (SSSR count). The molecule has 1 aliphatic rings. The Morgan fingerprint density at radius 3 is 2.70 bits per heavy atom. The van der Waals surface area contributed by atoms with Crippen LogP contribution < -0.4 is 0 Å². The zero-order valence-electron chi connectivity index (χ0n) is 12.0. The van der Waals surface area contributed by atoms with Gasteiger partial charge in [-0.25, -0.2) is 9.78 Å². The molecule has 0 radical (unpaired) electrons. The highest BCUT2D eigenvalue weighted by Crippen LogP contribution is 2.20. The van der Waals surface area contributed by atoms with Gasteiger partial charge in [-0.1, -0.05) is 0 Å². The Hall–Kier alpha value is -2.16. The van der Waals surface area contributed by atoms with Gasteiger partial charge in [-0.3, -0.25) is 4.79 Å². The van der Waals surface area contributed by atoms with Crippen molar-refractivity contribution in [2.24, 2.45) is 0 Å². The Bertz CT molecular complexity index is 574. The number of hydrogen-bond donors (Lipinski definition) is 1. The number of carbonyl (C=O) groups is 2. The van der Waals surface area contributed by atoms with Gasteiger partial charge in [0.1, 0.15) is 12.3 Å². The van der Waals surface area contributed by atoms with Gasteiger partial charge < -0.3 is 14.7 Å². The van der Waals surface area contributed by atoms with Gasteiger partial charge in [-0.15, -0.1) is 0 Å². The molecule has 0 bridgehead atoms. The third-order valence-electron chi connectivity index (χ3n) is 3.38. The predicted molar refractivity (Wildman–Crippen MR) is 72.1 cm³/mol. The number of aromatic carboxylic acids is 1. The second kappa shape index (κ2) is 6.95. The number of ether oxygens (including phenoxy) is 1. The van der Waals surface area contributed by atoms with Crippen LogP contribution in [0.1, 0.15) is 33.7 Å². The maximum atomic E-state index is 12.3. The standard InChI is InChI=1S/C14H15F3N2O4/c15-14(16,17)8-23-10-2-1-5-19(7-10)12(20)9-3-4-11(13(21)22)18-6-9/h3-4,6,10H,1-2,5,7-8H2,(H,21,22). The van der Waals surface area contributed by atoms with E-state index in [-0.39, 0.29) is 17.8 Å². The molecule has 1 N–H and O–H groups in total. The summed E-state index contributed by atoms with van der Waals surface area (Å²) >= 11 is 0. The van der Waals surface area contributed by atoms with Gasteiger partial charge >= 0.3 is 12.1 Å². The number of rotatable bonds is 4. The number of halogens is 3. The Balaban J connectivity index is 1.97. The average molecular weight is 332 g/mol. The molecule has 0 aromatic carbocycles. The van der Waals surface area contributed by atoms with Crippen molar-refractivity contribution in [1.29, 1.82) is 0 Å². The van der Waals surface area contributed by atoms with E-state index in [1.165, 1.54) is 17.0 Å². The predicted octanol–water partition coefficient (Wildman–Crippen LogP) is 1.96. The maximum Gasteiger partial charge on any atom is 0.411 e. The number of carbonyl (C=O) groups excluding carboxylic acids is 1. The molecule has 6 nitrogen and oxygen atoms in total. The summed E-state index contributed by atoms with van der Waals surface area (Å²) in [6.07, 6.45) is -2.93. The summed E-state index contributed by atoms with van der Waals surface area (Å²) in [5.41, 5.74) is -0.00180. The van der Waals surface area contributed by atoms with Crippen LogP contribution in [-0.2, 0) is 4.74 Å². The van der Waals surface area contributed by atoms with Crippen LogP contribution in [0.3, 0.4) is 0 Å². The van der Waals surface area contributed by atoms with Crippen LogP contribution in [0.5, 0.6) is 0 Å². The SMILES string of the molecule is O=C(O)c1ccc(C(=O)N2CCCC(OCC(F)(F)F)C2)cn1. The van der Waals surface area contributed by atoms with E-state index in [4.69, 9.17) is 9.84 Å². The van der Waals surface area contributed by atoms with Crippen LogP contribution in [0.25, 0.3) is 0 Å². The summed E-state index contributed by atoms with van der Waals surface area (Å²) in [7, 11) is 0. The second-order valence-electron chi connectivity index (χ2n) is 5.18. The largest absolute Gasteiger partial charge is 0.477 e. The fourth-order valence-corrected chi connectivity index (χ4v) is 2.30. The number of hydrogen-bond acceptors (Lipinski definition) is 4. The molecule has 2 heterocycles. The summed E-state index contributed by atoms with van der Waals surface area (Å²) in [4.78, 5) is 28.0. The average Bonchev–Trinajstić information content (AvgIpc) is 2.52. The van der Waals surface area contributed by atoms with Crippen molar-refractivity contribution in [1.82, 2.24) is 9.88 Å². The number of pyridine rings is 1. The topological polar surface area (TPSA) is 79.7 Å². The molecule has 1 saturated heterocycles. The normalized spacial score (nSPS) is 18.7. The summed E-state index contributed by atoms with van der Waals surface area (Å²) in [6, 6.07) is 2.54. The quantitative estimate of drug-likeness (QED) is 0.912. The minimum Gasteiger partial charge on any atom is -0.477 e. The lowest BCUT2D eigenvalue weighted by atomic mass is 10.1. The van der Waals surface area contributed by atoms with E-state index in [9.17, 15) is 22.8 Å². The molecule has 0 spiro atoms. The van der Waals surface area contributed by atoms with Crippen molar-refractivity contribution in [2.75, 3.05) is 19.7 Å². The van der Waals surface area contributed by atoms with Gasteiger partial charge in [0, 0.05) is 19.3 Å². The molecule has 1 amide bonds. The molecule has 126 valence electrons. The summed E-state index contributed by atoms with van der Waals surface area (Å²) in [5.74, 6) is -1.61. The minimum absolute atomic E-state index is 0.0651. The van der Waals surface area contributed by atoms with Crippen molar-refractivity contribution in [3.05, 3.63) is 29.6 Å². The fourth-order valence-electron chi connectivity index (χ4n) is 2.30. The highest BCUT2D eigenvalue weighted by molar-refractivity contribution is 5.95. The molecule has 1 unspecified atom stereocenters. The Morgan fingerprint density at radius 1 is 1.39 bits per heavy atom. The number of aromatic nitrogens is 1. The number of alkyl halides is 3.